The van der Waals surface area contributed by atoms with E-state index < -0.39 is 22.8 Å². The predicted octanol–water partition coefficient (Wildman–Crippen LogP) is 6.05. The van der Waals surface area contributed by atoms with Crippen molar-refractivity contribution in [2.75, 3.05) is 11.9 Å². The number of fused-ring (bicyclic) bond motifs is 3. The molecule has 3 aromatic carbocycles. The summed E-state index contributed by atoms with van der Waals surface area (Å²) in [6, 6.07) is 17.0. The number of hydrogen-bond acceptors (Lipinski definition) is 3. The standard InChI is InChI=1S/C24H18ClFN4O3/c25-19-12-14(8-9-21(19)30(32)33)23-22-18(17-6-1-2-7-20(17)28-22)10-11-29(23)24(31)27-16-5-3-4-15(26)13-16/h1-9,12-13,23,28H,10-11H2,(H,27,31). The predicted molar refractivity (Wildman–Crippen MR) is 124 cm³/mol. The van der Waals surface area contributed by atoms with Gasteiger partial charge in [0.05, 0.1) is 11.0 Å². The second kappa shape index (κ2) is 8.22. The molecular formula is C24H18ClFN4O3. The molecule has 7 nitrogen and oxygen atoms in total. The van der Waals surface area contributed by atoms with Crippen LogP contribution in [-0.2, 0) is 6.42 Å². The Balaban J connectivity index is 1.60. The maximum Gasteiger partial charge on any atom is 0.322 e. The van der Waals surface area contributed by atoms with Crippen LogP contribution in [0.5, 0.6) is 0 Å². The minimum absolute atomic E-state index is 0.00813. The first-order valence-electron chi connectivity index (χ1n) is 10.3. The molecule has 33 heavy (non-hydrogen) atoms. The summed E-state index contributed by atoms with van der Waals surface area (Å²) in [5, 5.41) is 15.0. The molecule has 0 fully saturated rings. The van der Waals surface area contributed by atoms with Crippen LogP contribution in [0.1, 0.15) is 22.9 Å². The van der Waals surface area contributed by atoms with E-state index in [1.165, 1.54) is 30.3 Å². The number of hydrogen-bond donors (Lipinski definition) is 2. The van der Waals surface area contributed by atoms with Crippen LogP contribution in [0.3, 0.4) is 0 Å². The number of carbonyl (C=O) groups excluding carboxylic acids is 1. The van der Waals surface area contributed by atoms with Crippen LogP contribution in [-0.4, -0.2) is 27.4 Å². The summed E-state index contributed by atoms with van der Waals surface area (Å²) in [5.41, 5.74) is 3.61. The zero-order valence-corrected chi connectivity index (χ0v) is 18.0. The summed E-state index contributed by atoms with van der Waals surface area (Å²) in [4.78, 5) is 29.0. The van der Waals surface area contributed by atoms with E-state index in [4.69, 9.17) is 11.6 Å². The number of amides is 2. The summed E-state index contributed by atoms with van der Waals surface area (Å²) in [7, 11) is 0. The Morgan fingerprint density at radius 2 is 1.97 bits per heavy atom. The zero-order valence-electron chi connectivity index (χ0n) is 17.2. The highest BCUT2D eigenvalue weighted by atomic mass is 35.5. The number of nitro groups is 1. The number of urea groups is 1. The van der Waals surface area contributed by atoms with E-state index in [1.807, 2.05) is 24.3 Å². The number of halogens is 2. The van der Waals surface area contributed by atoms with Crippen LogP contribution >= 0.6 is 11.6 Å². The molecule has 0 radical (unpaired) electrons. The van der Waals surface area contributed by atoms with Crippen molar-refractivity contribution in [3.8, 4) is 0 Å². The van der Waals surface area contributed by atoms with Gasteiger partial charge in [0.1, 0.15) is 10.8 Å². The molecule has 0 saturated heterocycles. The fraction of sp³-hybridized carbons (Fsp3) is 0.125. The number of rotatable bonds is 3. The van der Waals surface area contributed by atoms with E-state index in [-0.39, 0.29) is 10.7 Å². The van der Waals surface area contributed by atoms with E-state index in [1.54, 1.807) is 17.0 Å². The summed E-state index contributed by atoms with van der Waals surface area (Å²) < 4.78 is 13.6. The van der Waals surface area contributed by atoms with Crippen LogP contribution < -0.4 is 5.32 Å². The number of nitro benzene ring substituents is 1. The Bertz CT molecular complexity index is 1400. The second-order valence-electron chi connectivity index (χ2n) is 7.82. The van der Waals surface area contributed by atoms with Crippen molar-refractivity contribution in [1.29, 1.82) is 0 Å². The molecule has 0 aliphatic carbocycles. The van der Waals surface area contributed by atoms with Gasteiger partial charge in [0, 0.05) is 34.9 Å². The first kappa shape index (κ1) is 21.0. The van der Waals surface area contributed by atoms with Crippen LogP contribution in [0, 0.1) is 15.9 Å². The minimum atomic E-state index is -0.562. The van der Waals surface area contributed by atoms with Crippen LogP contribution in [0.15, 0.2) is 66.7 Å². The van der Waals surface area contributed by atoms with Gasteiger partial charge in [-0.1, -0.05) is 35.9 Å². The third kappa shape index (κ3) is 3.78. The lowest BCUT2D eigenvalue weighted by Crippen LogP contribution is -2.43. The Kier molecular flexibility index (Phi) is 5.22. The smallest absolute Gasteiger partial charge is 0.322 e. The van der Waals surface area contributed by atoms with Gasteiger partial charge in [-0.05, 0) is 53.9 Å². The zero-order chi connectivity index (χ0) is 23.1. The van der Waals surface area contributed by atoms with Crippen LogP contribution in [0.25, 0.3) is 10.9 Å². The molecule has 2 N–H and O–H groups in total. The molecule has 1 aliphatic rings. The van der Waals surface area contributed by atoms with E-state index in [0.29, 0.717) is 24.2 Å². The number of carbonyl (C=O) groups is 1. The van der Waals surface area contributed by atoms with Crippen LogP contribution in [0.2, 0.25) is 5.02 Å². The Hall–Kier alpha value is -3.91. The number of H-pyrrole nitrogens is 1. The number of nitrogens with one attached hydrogen (secondary N) is 2. The molecule has 1 aromatic heterocycles. The largest absolute Gasteiger partial charge is 0.356 e. The summed E-state index contributed by atoms with van der Waals surface area (Å²) >= 11 is 6.21. The van der Waals surface area contributed by atoms with Crippen molar-refractivity contribution in [1.82, 2.24) is 9.88 Å². The van der Waals surface area contributed by atoms with Crippen LogP contribution in [0.4, 0.5) is 20.6 Å². The number of aromatic nitrogens is 1. The van der Waals surface area contributed by atoms with Gasteiger partial charge in [0.15, 0.2) is 0 Å². The normalized spacial score (nSPS) is 15.3. The quantitative estimate of drug-likeness (QED) is 0.285. The van der Waals surface area contributed by atoms with E-state index in [2.05, 4.69) is 10.3 Å². The highest BCUT2D eigenvalue weighted by Gasteiger charge is 2.35. The van der Waals surface area contributed by atoms with E-state index >= 15 is 0 Å². The fourth-order valence-corrected chi connectivity index (χ4v) is 4.67. The van der Waals surface area contributed by atoms with Gasteiger partial charge in [0.2, 0.25) is 0 Å². The van der Waals surface area contributed by atoms with Gasteiger partial charge < -0.3 is 15.2 Å². The van der Waals surface area contributed by atoms with Crippen molar-refractivity contribution < 1.29 is 14.1 Å². The average Bonchev–Trinajstić information content (AvgIpc) is 3.17. The monoisotopic (exact) mass is 464 g/mol. The fourth-order valence-electron chi connectivity index (χ4n) is 4.41. The molecule has 1 aliphatic heterocycles. The lowest BCUT2D eigenvalue weighted by atomic mass is 9.92. The number of aromatic amines is 1. The van der Waals surface area contributed by atoms with Crippen molar-refractivity contribution in [3.05, 3.63) is 105 Å². The molecule has 2 heterocycles. The van der Waals surface area contributed by atoms with Gasteiger partial charge in [0.25, 0.3) is 5.69 Å². The highest BCUT2D eigenvalue weighted by molar-refractivity contribution is 6.32. The molecule has 9 heteroatoms. The molecule has 1 atom stereocenters. The van der Waals surface area contributed by atoms with Gasteiger partial charge in [-0.25, -0.2) is 9.18 Å². The maximum atomic E-state index is 13.6. The van der Waals surface area contributed by atoms with Crippen molar-refractivity contribution >= 4 is 39.9 Å². The molecule has 0 saturated carbocycles. The Morgan fingerprint density at radius 3 is 2.73 bits per heavy atom. The summed E-state index contributed by atoms with van der Waals surface area (Å²) in [6.07, 6.45) is 0.618. The van der Waals surface area contributed by atoms with Gasteiger partial charge in [-0.3, -0.25) is 10.1 Å². The van der Waals surface area contributed by atoms with E-state index in [0.717, 1.165) is 22.2 Å². The number of anilines is 1. The Labute approximate surface area is 192 Å². The van der Waals surface area contributed by atoms with Crippen molar-refractivity contribution in [2.45, 2.75) is 12.5 Å². The topological polar surface area (TPSA) is 91.3 Å². The highest BCUT2D eigenvalue weighted by Crippen LogP contribution is 2.40. The van der Waals surface area contributed by atoms with Crippen molar-refractivity contribution in [3.63, 3.8) is 0 Å². The molecule has 4 aromatic rings. The summed E-state index contributed by atoms with van der Waals surface area (Å²) in [6.45, 7) is 0.398. The maximum absolute atomic E-state index is 13.6. The lowest BCUT2D eigenvalue weighted by Gasteiger charge is -2.36. The number of benzene rings is 3. The minimum Gasteiger partial charge on any atom is -0.356 e. The van der Waals surface area contributed by atoms with Gasteiger partial charge in [-0.15, -0.1) is 0 Å². The molecule has 166 valence electrons. The second-order valence-corrected chi connectivity index (χ2v) is 8.22. The Morgan fingerprint density at radius 1 is 1.15 bits per heavy atom. The summed E-state index contributed by atoms with van der Waals surface area (Å²) in [5.74, 6) is -0.456. The lowest BCUT2D eigenvalue weighted by molar-refractivity contribution is -0.384. The first-order valence-corrected chi connectivity index (χ1v) is 10.7. The average molecular weight is 465 g/mol. The third-order valence-corrected chi connectivity index (χ3v) is 6.16. The molecule has 5 rings (SSSR count). The van der Waals surface area contributed by atoms with Crippen molar-refractivity contribution in [2.24, 2.45) is 0 Å². The van der Waals surface area contributed by atoms with Gasteiger partial charge in [-0.2, -0.15) is 0 Å². The first-order chi connectivity index (χ1) is 15.9. The molecule has 0 bridgehead atoms. The SMILES string of the molecule is O=C(Nc1cccc(F)c1)N1CCc2c([nH]c3ccccc23)C1c1ccc([N+](=O)[O-])c(Cl)c1. The van der Waals surface area contributed by atoms with E-state index in [9.17, 15) is 19.3 Å². The molecule has 1 unspecified atom stereocenters. The molecule has 0 spiro atoms. The molecular weight excluding hydrogens is 447 g/mol. The number of nitrogens with zero attached hydrogens (tertiary/aromatic N) is 2. The number of para-hydroxylation sites is 1. The van der Waals surface area contributed by atoms with Gasteiger partial charge >= 0.3 is 6.03 Å². The third-order valence-electron chi connectivity index (χ3n) is 5.86. The molecule has 2 amide bonds.